The van der Waals surface area contributed by atoms with Crippen molar-refractivity contribution in [3.8, 4) is 5.75 Å². The molecule has 23 heavy (non-hydrogen) atoms. The lowest BCUT2D eigenvalue weighted by molar-refractivity contribution is -0.118. The van der Waals surface area contributed by atoms with Crippen molar-refractivity contribution >= 4 is 28.9 Å². The van der Waals surface area contributed by atoms with Gasteiger partial charge < -0.3 is 15.0 Å². The van der Waals surface area contributed by atoms with E-state index in [-0.39, 0.29) is 12.5 Å². The number of amides is 1. The van der Waals surface area contributed by atoms with E-state index in [1.54, 1.807) is 12.1 Å². The number of nitrogens with one attached hydrogen (secondary N) is 1. The minimum absolute atomic E-state index is 0.0714. The van der Waals surface area contributed by atoms with Crippen LogP contribution in [0.4, 0.5) is 11.4 Å². The summed E-state index contributed by atoms with van der Waals surface area (Å²) in [5, 5.41) is 3.43. The van der Waals surface area contributed by atoms with Crippen LogP contribution in [0.15, 0.2) is 48.5 Å². The second-order valence-corrected chi connectivity index (χ2v) is 5.89. The summed E-state index contributed by atoms with van der Waals surface area (Å²) in [7, 11) is 0. The summed E-state index contributed by atoms with van der Waals surface area (Å²) in [6.07, 6.45) is 2.38. The Morgan fingerprint density at radius 2 is 1.78 bits per heavy atom. The van der Waals surface area contributed by atoms with Gasteiger partial charge in [0.15, 0.2) is 6.61 Å². The van der Waals surface area contributed by atoms with Gasteiger partial charge in [0.2, 0.25) is 0 Å². The molecule has 0 saturated carbocycles. The van der Waals surface area contributed by atoms with E-state index in [4.69, 9.17) is 16.3 Å². The van der Waals surface area contributed by atoms with Crippen LogP contribution < -0.4 is 15.0 Å². The van der Waals surface area contributed by atoms with Gasteiger partial charge in [-0.3, -0.25) is 4.79 Å². The van der Waals surface area contributed by atoms with Crippen molar-refractivity contribution in [2.24, 2.45) is 0 Å². The highest BCUT2D eigenvalue weighted by Gasteiger charge is 2.16. The van der Waals surface area contributed by atoms with Crippen molar-refractivity contribution in [1.29, 1.82) is 0 Å². The highest BCUT2D eigenvalue weighted by atomic mass is 35.5. The fourth-order valence-electron chi connectivity index (χ4n) is 2.70. The quantitative estimate of drug-likeness (QED) is 0.902. The summed E-state index contributed by atoms with van der Waals surface area (Å²) in [5.41, 5.74) is 1.89. The van der Waals surface area contributed by atoms with E-state index < -0.39 is 0 Å². The van der Waals surface area contributed by atoms with Gasteiger partial charge in [0.25, 0.3) is 5.91 Å². The molecule has 2 aromatic carbocycles. The number of carbonyl (C=O) groups is 1. The van der Waals surface area contributed by atoms with E-state index in [2.05, 4.69) is 10.2 Å². The second-order valence-electron chi connectivity index (χ2n) is 5.48. The van der Waals surface area contributed by atoms with Crippen molar-refractivity contribution in [2.45, 2.75) is 12.8 Å². The molecule has 120 valence electrons. The van der Waals surface area contributed by atoms with Crippen LogP contribution in [0.1, 0.15) is 12.8 Å². The van der Waals surface area contributed by atoms with Gasteiger partial charge in [-0.1, -0.05) is 35.9 Å². The summed E-state index contributed by atoms with van der Waals surface area (Å²) in [6.45, 7) is 1.99. The predicted molar refractivity (Wildman–Crippen MR) is 93.5 cm³/mol. The van der Waals surface area contributed by atoms with Crippen molar-refractivity contribution in [3.05, 3.63) is 53.6 Å². The summed E-state index contributed by atoms with van der Waals surface area (Å²) in [4.78, 5) is 14.5. The average molecular weight is 331 g/mol. The van der Waals surface area contributed by atoms with Gasteiger partial charge in [0, 0.05) is 13.1 Å². The van der Waals surface area contributed by atoms with Gasteiger partial charge in [-0.2, -0.15) is 0 Å². The van der Waals surface area contributed by atoms with Crippen LogP contribution in [-0.2, 0) is 4.79 Å². The van der Waals surface area contributed by atoms with Crippen molar-refractivity contribution in [2.75, 3.05) is 29.9 Å². The van der Waals surface area contributed by atoms with E-state index in [9.17, 15) is 4.79 Å². The standard InChI is InChI=1S/C18H19ClN2O2/c19-14-7-1-4-10-17(14)23-13-18(22)20-15-8-2-3-9-16(15)21-11-5-6-12-21/h1-4,7-10H,5-6,11-13H2,(H,20,22). The molecule has 0 aliphatic carbocycles. The Labute approximate surface area is 141 Å². The number of halogens is 1. The Kier molecular flexibility index (Phi) is 5.03. The maximum Gasteiger partial charge on any atom is 0.262 e. The van der Waals surface area contributed by atoms with Crippen LogP contribution in [0.3, 0.4) is 0 Å². The molecule has 0 spiro atoms. The minimum Gasteiger partial charge on any atom is -0.482 e. The smallest absolute Gasteiger partial charge is 0.262 e. The van der Waals surface area contributed by atoms with Gasteiger partial charge in [-0.15, -0.1) is 0 Å². The minimum atomic E-state index is -0.198. The fourth-order valence-corrected chi connectivity index (χ4v) is 2.89. The lowest BCUT2D eigenvalue weighted by Gasteiger charge is -2.21. The molecule has 0 bridgehead atoms. The highest BCUT2D eigenvalue weighted by molar-refractivity contribution is 6.32. The summed E-state index contributed by atoms with van der Waals surface area (Å²) < 4.78 is 5.48. The SMILES string of the molecule is O=C(COc1ccccc1Cl)Nc1ccccc1N1CCCC1. The van der Waals surface area contributed by atoms with Gasteiger partial charge in [-0.25, -0.2) is 0 Å². The maximum atomic E-state index is 12.2. The lowest BCUT2D eigenvalue weighted by atomic mass is 10.2. The number of rotatable bonds is 5. The molecule has 0 unspecified atom stereocenters. The molecular weight excluding hydrogens is 312 g/mol. The molecule has 1 fully saturated rings. The van der Waals surface area contributed by atoms with Crippen LogP contribution in [0.2, 0.25) is 5.02 Å². The predicted octanol–water partition coefficient (Wildman–Crippen LogP) is 3.96. The van der Waals surface area contributed by atoms with E-state index in [1.165, 1.54) is 12.8 Å². The van der Waals surface area contributed by atoms with Crippen LogP contribution in [-0.4, -0.2) is 25.6 Å². The van der Waals surface area contributed by atoms with Gasteiger partial charge in [0.05, 0.1) is 16.4 Å². The molecule has 0 aromatic heterocycles. The zero-order valence-electron chi connectivity index (χ0n) is 12.8. The normalized spacial score (nSPS) is 13.9. The average Bonchev–Trinajstić information content (AvgIpc) is 3.09. The molecular formula is C18H19ClN2O2. The molecule has 0 atom stereocenters. The first-order valence-corrected chi connectivity index (χ1v) is 8.13. The largest absolute Gasteiger partial charge is 0.482 e. The Balaban J connectivity index is 1.63. The highest BCUT2D eigenvalue weighted by Crippen LogP contribution is 2.28. The lowest BCUT2D eigenvalue weighted by Crippen LogP contribution is -2.24. The number of hydrogen-bond donors (Lipinski definition) is 1. The number of hydrogen-bond acceptors (Lipinski definition) is 3. The number of carbonyl (C=O) groups excluding carboxylic acids is 1. The van der Waals surface area contributed by atoms with Crippen molar-refractivity contribution in [1.82, 2.24) is 0 Å². The Hall–Kier alpha value is -2.20. The Morgan fingerprint density at radius 1 is 1.09 bits per heavy atom. The molecule has 4 nitrogen and oxygen atoms in total. The molecule has 5 heteroatoms. The molecule has 3 rings (SSSR count). The number of nitrogens with zero attached hydrogens (tertiary/aromatic N) is 1. The molecule has 2 aromatic rings. The van der Waals surface area contributed by atoms with E-state index in [0.29, 0.717) is 10.8 Å². The molecule has 1 aliphatic heterocycles. The summed E-state index contributed by atoms with van der Waals surface area (Å²) >= 11 is 6.02. The third-order valence-corrected chi connectivity index (χ3v) is 4.13. The van der Waals surface area contributed by atoms with Crippen molar-refractivity contribution in [3.63, 3.8) is 0 Å². The zero-order valence-corrected chi connectivity index (χ0v) is 13.6. The molecule has 1 heterocycles. The van der Waals surface area contributed by atoms with Gasteiger partial charge in [-0.05, 0) is 37.1 Å². The molecule has 1 saturated heterocycles. The number of para-hydroxylation sites is 3. The third kappa shape index (κ3) is 3.96. The van der Waals surface area contributed by atoms with Gasteiger partial charge in [0.1, 0.15) is 5.75 Å². The first kappa shape index (κ1) is 15.7. The van der Waals surface area contributed by atoms with E-state index in [0.717, 1.165) is 24.5 Å². The van der Waals surface area contributed by atoms with Crippen molar-refractivity contribution < 1.29 is 9.53 Å². The monoisotopic (exact) mass is 330 g/mol. The topological polar surface area (TPSA) is 41.6 Å². The Bertz CT molecular complexity index is 684. The fraction of sp³-hybridized carbons (Fsp3) is 0.278. The van der Waals surface area contributed by atoms with Crippen LogP contribution in [0, 0.1) is 0 Å². The van der Waals surface area contributed by atoms with E-state index >= 15 is 0 Å². The van der Waals surface area contributed by atoms with Crippen LogP contribution in [0.5, 0.6) is 5.75 Å². The van der Waals surface area contributed by atoms with Gasteiger partial charge >= 0.3 is 0 Å². The van der Waals surface area contributed by atoms with E-state index in [1.807, 2.05) is 36.4 Å². The van der Waals surface area contributed by atoms with Crippen LogP contribution >= 0.6 is 11.6 Å². The zero-order chi connectivity index (χ0) is 16.1. The molecule has 0 radical (unpaired) electrons. The number of ether oxygens (including phenoxy) is 1. The summed E-state index contributed by atoms with van der Waals surface area (Å²) in [6, 6.07) is 15.0. The molecule has 1 aliphatic rings. The molecule has 1 amide bonds. The number of anilines is 2. The molecule has 1 N–H and O–H groups in total. The second kappa shape index (κ2) is 7.38. The third-order valence-electron chi connectivity index (χ3n) is 3.82. The maximum absolute atomic E-state index is 12.2. The first-order chi connectivity index (χ1) is 11.2. The van der Waals surface area contributed by atoms with Crippen LogP contribution in [0.25, 0.3) is 0 Å². The summed E-state index contributed by atoms with van der Waals surface area (Å²) in [5.74, 6) is 0.314. The number of benzene rings is 2. The Morgan fingerprint density at radius 3 is 2.57 bits per heavy atom. The first-order valence-electron chi connectivity index (χ1n) is 7.75.